The summed E-state index contributed by atoms with van der Waals surface area (Å²) in [5.41, 5.74) is 0.675. The van der Waals surface area contributed by atoms with Gasteiger partial charge in [0, 0.05) is 12.6 Å². The van der Waals surface area contributed by atoms with Crippen molar-refractivity contribution in [3.8, 4) is 0 Å². The smallest absolute Gasteiger partial charge is 0.324 e. The van der Waals surface area contributed by atoms with Crippen LogP contribution in [0.15, 0.2) is 33.4 Å². The normalized spacial score (nSPS) is 17.3. The van der Waals surface area contributed by atoms with Crippen LogP contribution >= 0.6 is 0 Å². The van der Waals surface area contributed by atoms with Crippen LogP contribution < -0.4 is 10.6 Å². The average Bonchev–Trinajstić information content (AvgIpc) is 3.26. The van der Waals surface area contributed by atoms with Crippen LogP contribution in [0.1, 0.15) is 24.3 Å². The van der Waals surface area contributed by atoms with Gasteiger partial charge in [-0.15, -0.1) is 0 Å². The number of carbonyl (C=O) groups is 2. The number of hydrogen-bond donors (Lipinski definition) is 2. The van der Waals surface area contributed by atoms with Crippen molar-refractivity contribution >= 4 is 17.8 Å². The van der Waals surface area contributed by atoms with Gasteiger partial charge in [0.25, 0.3) is 0 Å². The molecule has 2 aromatic rings. The zero-order chi connectivity index (χ0) is 16.2. The third kappa shape index (κ3) is 3.53. The number of carbonyl (C=O) groups excluding carboxylic acids is 2. The molecule has 1 atom stereocenters. The number of amides is 3. The van der Waals surface area contributed by atoms with Crippen LogP contribution in [-0.4, -0.2) is 34.6 Å². The molecule has 0 radical (unpaired) electrons. The second-order valence-corrected chi connectivity index (χ2v) is 5.41. The van der Waals surface area contributed by atoms with E-state index in [9.17, 15) is 9.59 Å². The zero-order valence-corrected chi connectivity index (χ0v) is 12.7. The Balaban J connectivity index is 1.58. The maximum atomic E-state index is 12.3. The summed E-state index contributed by atoms with van der Waals surface area (Å²) in [6, 6.07) is 4.31. The first kappa shape index (κ1) is 15.1. The number of nitrogens with zero attached hydrogens (tertiary/aromatic N) is 2. The van der Waals surface area contributed by atoms with Crippen molar-refractivity contribution in [2.45, 2.75) is 32.4 Å². The minimum absolute atomic E-state index is 0.192. The van der Waals surface area contributed by atoms with E-state index in [4.69, 9.17) is 8.94 Å². The van der Waals surface area contributed by atoms with Gasteiger partial charge in [0.2, 0.25) is 11.8 Å². The number of hydrogen-bond acceptors (Lipinski definition) is 5. The van der Waals surface area contributed by atoms with E-state index in [2.05, 4.69) is 15.8 Å². The van der Waals surface area contributed by atoms with E-state index in [0.717, 1.165) is 6.42 Å². The Hall–Kier alpha value is -2.77. The molecule has 122 valence electrons. The molecule has 0 bridgehead atoms. The molecular weight excluding hydrogens is 300 g/mol. The van der Waals surface area contributed by atoms with E-state index in [0.29, 0.717) is 31.0 Å². The zero-order valence-electron chi connectivity index (χ0n) is 12.7. The SMILES string of the molecule is Cc1cc(NC(=O)N2CCC[C@@H]2C(=O)NCc2ccco2)on1. The first-order valence-corrected chi connectivity index (χ1v) is 7.44. The van der Waals surface area contributed by atoms with Crippen LogP contribution in [0.4, 0.5) is 10.7 Å². The van der Waals surface area contributed by atoms with E-state index in [1.807, 2.05) is 0 Å². The molecule has 3 amide bonds. The Bertz CT molecular complexity index is 679. The third-order valence-corrected chi connectivity index (χ3v) is 3.69. The Kier molecular flexibility index (Phi) is 4.31. The van der Waals surface area contributed by atoms with Crippen LogP contribution in [0.3, 0.4) is 0 Å². The molecule has 2 N–H and O–H groups in total. The number of aromatic nitrogens is 1. The molecule has 0 spiro atoms. The summed E-state index contributed by atoms with van der Waals surface area (Å²) in [6.45, 7) is 2.59. The minimum atomic E-state index is -0.492. The summed E-state index contributed by atoms with van der Waals surface area (Å²) in [7, 11) is 0. The summed E-state index contributed by atoms with van der Waals surface area (Å²) in [6.07, 6.45) is 2.96. The van der Waals surface area contributed by atoms with Gasteiger partial charge >= 0.3 is 6.03 Å². The lowest BCUT2D eigenvalue weighted by atomic mass is 10.2. The number of nitrogens with one attached hydrogen (secondary N) is 2. The fourth-order valence-electron chi connectivity index (χ4n) is 2.59. The van der Waals surface area contributed by atoms with E-state index < -0.39 is 6.04 Å². The van der Waals surface area contributed by atoms with Gasteiger partial charge in [-0.05, 0) is 31.9 Å². The number of urea groups is 1. The number of rotatable bonds is 4. The molecule has 23 heavy (non-hydrogen) atoms. The summed E-state index contributed by atoms with van der Waals surface area (Å²) >= 11 is 0. The van der Waals surface area contributed by atoms with Gasteiger partial charge < -0.3 is 19.2 Å². The molecule has 0 aliphatic carbocycles. The molecule has 1 aliphatic rings. The van der Waals surface area contributed by atoms with Crippen molar-refractivity contribution in [1.82, 2.24) is 15.4 Å². The molecule has 3 heterocycles. The van der Waals surface area contributed by atoms with E-state index in [1.54, 1.807) is 31.4 Å². The Morgan fingerprint density at radius 2 is 2.35 bits per heavy atom. The van der Waals surface area contributed by atoms with E-state index in [1.165, 1.54) is 4.90 Å². The van der Waals surface area contributed by atoms with Gasteiger partial charge in [0.15, 0.2) is 0 Å². The highest BCUT2D eigenvalue weighted by molar-refractivity contribution is 5.93. The molecule has 8 nitrogen and oxygen atoms in total. The lowest BCUT2D eigenvalue weighted by Gasteiger charge is -2.23. The Morgan fingerprint density at radius 1 is 1.48 bits per heavy atom. The van der Waals surface area contributed by atoms with Crippen LogP contribution in [0.5, 0.6) is 0 Å². The van der Waals surface area contributed by atoms with Gasteiger partial charge in [0.05, 0.1) is 18.5 Å². The molecule has 0 unspecified atom stereocenters. The summed E-state index contributed by atoms with van der Waals surface area (Å²) < 4.78 is 10.1. The highest BCUT2D eigenvalue weighted by Gasteiger charge is 2.34. The number of aryl methyl sites for hydroxylation is 1. The molecule has 1 saturated heterocycles. The van der Waals surface area contributed by atoms with Gasteiger partial charge in [-0.1, -0.05) is 5.16 Å². The average molecular weight is 318 g/mol. The lowest BCUT2D eigenvalue weighted by Crippen LogP contribution is -2.47. The highest BCUT2D eigenvalue weighted by Crippen LogP contribution is 2.19. The monoisotopic (exact) mass is 318 g/mol. The van der Waals surface area contributed by atoms with Crippen molar-refractivity contribution in [3.63, 3.8) is 0 Å². The molecule has 3 rings (SSSR count). The molecule has 2 aromatic heterocycles. The maximum Gasteiger partial charge on any atom is 0.324 e. The van der Waals surface area contributed by atoms with Crippen molar-refractivity contribution in [2.75, 3.05) is 11.9 Å². The summed E-state index contributed by atoms with van der Waals surface area (Å²) in [5, 5.41) is 9.12. The van der Waals surface area contributed by atoms with Crippen LogP contribution in [-0.2, 0) is 11.3 Å². The molecule has 1 aliphatic heterocycles. The fraction of sp³-hybridized carbons (Fsp3) is 0.400. The predicted molar refractivity (Wildman–Crippen MR) is 80.5 cm³/mol. The van der Waals surface area contributed by atoms with Crippen molar-refractivity contribution in [1.29, 1.82) is 0 Å². The maximum absolute atomic E-state index is 12.3. The number of furan rings is 1. The third-order valence-electron chi connectivity index (χ3n) is 3.69. The van der Waals surface area contributed by atoms with Crippen LogP contribution in [0.2, 0.25) is 0 Å². The molecule has 0 saturated carbocycles. The van der Waals surface area contributed by atoms with Crippen molar-refractivity contribution in [2.24, 2.45) is 0 Å². The number of likely N-dealkylation sites (tertiary alicyclic amines) is 1. The topological polar surface area (TPSA) is 101 Å². The van der Waals surface area contributed by atoms with E-state index >= 15 is 0 Å². The van der Waals surface area contributed by atoms with Crippen molar-refractivity contribution < 1.29 is 18.5 Å². The quantitative estimate of drug-likeness (QED) is 0.896. The first-order valence-electron chi connectivity index (χ1n) is 7.44. The molecule has 0 aromatic carbocycles. The van der Waals surface area contributed by atoms with E-state index in [-0.39, 0.29) is 17.8 Å². The predicted octanol–water partition coefficient (Wildman–Crippen LogP) is 1.89. The highest BCUT2D eigenvalue weighted by atomic mass is 16.5. The fourth-order valence-corrected chi connectivity index (χ4v) is 2.59. The second-order valence-electron chi connectivity index (χ2n) is 5.41. The molecule has 1 fully saturated rings. The first-order chi connectivity index (χ1) is 11.1. The Labute approximate surface area is 132 Å². The lowest BCUT2D eigenvalue weighted by molar-refractivity contribution is -0.124. The number of anilines is 1. The van der Waals surface area contributed by atoms with Gasteiger partial charge in [-0.3, -0.25) is 10.1 Å². The summed E-state index contributed by atoms with van der Waals surface area (Å²) in [5.74, 6) is 0.751. The minimum Gasteiger partial charge on any atom is -0.467 e. The van der Waals surface area contributed by atoms with Gasteiger partial charge in [-0.2, -0.15) is 0 Å². The van der Waals surface area contributed by atoms with Crippen molar-refractivity contribution in [3.05, 3.63) is 35.9 Å². The van der Waals surface area contributed by atoms with Crippen LogP contribution in [0.25, 0.3) is 0 Å². The Morgan fingerprint density at radius 3 is 3.04 bits per heavy atom. The second kappa shape index (κ2) is 6.55. The largest absolute Gasteiger partial charge is 0.467 e. The standard InChI is InChI=1S/C15H18N4O4/c1-10-8-13(23-18-10)17-15(21)19-6-2-5-12(19)14(20)16-9-11-4-3-7-22-11/h3-4,7-8,12H,2,5-6,9H2,1H3,(H,16,20)(H,17,21)/t12-/m1/s1. The van der Waals surface area contributed by atoms with Gasteiger partial charge in [0.1, 0.15) is 11.8 Å². The van der Waals surface area contributed by atoms with Crippen LogP contribution in [0, 0.1) is 6.92 Å². The molecule has 8 heteroatoms. The van der Waals surface area contributed by atoms with Gasteiger partial charge in [-0.25, -0.2) is 4.79 Å². The molecular formula is C15H18N4O4. The summed E-state index contributed by atoms with van der Waals surface area (Å²) in [4.78, 5) is 26.1.